The van der Waals surface area contributed by atoms with Crippen LogP contribution in [0.25, 0.3) is 0 Å². The zero-order valence-corrected chi connectivity index (χ0v) is 13.7. The normalized spacial score (nSPS) is 11.2. The number of aliphatic imine (C=N–C) groups is 1. The summed E-state index contributed by atoms with van der Waals surface area (Å²) in [5.41, 5.74) is 0. The van der Waals surface area contributed by atoms with Gasteiger partial charge in [-0.15, -0.1) is 11.3 Å². The fraction of sp³-hybridized carbons (Fsp3) is 0.353. The third-order valence-electron chi connectivity index (χ3n) is 2.94. The molecule has 0 bridgehead atoms. The van der Waals surface area contributed by atoms with Crippen LogP contribution in [0.5, 0.6) is 5.75 Å². The number of hydrogen-bond donors (Lipinski definition) is 2. The second-order valence-corrected chi connectivity index (χ2v) is 5.75. The van der Waals surface area contributed by atoms with Gasteiger partial charge in [-0.1, -0.05) is 24.3 Å². The van der Waals surface area contributed by atoms with Crippen molar-refractivity contribution in [2.45, 2.75) is 19.9 Å². The van der Waals surface area contributed by atoms with Gasteiger partial charge in [-0.05, 0) is 36.9 Å². The lowest BCUT2D eigenvalue weighted by atomic mass is 10.3. The molecular weight excluding hydrogens is 294 g/mol. The summed E-state index contributed by atoms with van der Waals surface area (Å²) >= 11 is 1.73. The van der Waals surface area contributed by atoms with Crippen LogP contribution < -0.4 is 15.4 Å². The number of para-hydroxylation sites is 1. The highest BCUT2D eigenvalue weighted by Gasteiger charge is 1.98. The summed E-state index contributed by atoms with van der Waals surface area (Å²) in [6, 6.07) is 14.0. The third kappa shape index (κ3) is 6.18. The zero-order chi connectivity index (χ0) is 15.5. The highest BCUT2D eigenvalue weighted by molar-refractivity contribution is 7.09. The number of guanidine groups is 1. The smallest absolute Gasteiger partial charge is 0.191 e. The number of nitrogens with one attached hydrogen (secondary N) is 2. The molecule has 1 heterocycles. The van der Waals surface area contributed by atoms with Crippen LogP contribution in [0.2, 0.25) is 0 Å². The summed E-state index contributed by atoms with van der Waals surface area (Å²) in [6.07, 6.45) is 0.929. The standard InChI is InChI=1S/C17H23N3OS/c1-2-18-17(20-14-16-10-6-13-22-16)19-11-7-12-21-15-8-4-3-5-9-15/h3-6,8-10,13H,2,7,11-12,14H2,1H3,(H2,18,19,20). The first-order chi connectivity index (χ1) is 10.9. The van der Waals surface area contributed by atoms with E-state index in [0.29, 0.717) is 13.2 Å². The first kappa shape index (κ1) is 16.4. The lowest BCUT2D eigenvalue weighted by molar-refractivity contribution is 0.311. The van der Waals surface area contributed by atoms with Crippen molar-refractivity contribution >= 4 is 17.3 Å². The van der Waals surface area contributed by atoms with Crippen LogP contribution in [0, 0.1) is 0 Å². The van der Waals surface area contributed by atoms with Crippen molar-refractivity contribution in [1.29, 1.82) is 0 Å². The molecule has 0 aliphatic rings. The molecule has 2 aromatic rings. The van der Waals surface area contributed by atoms with Crippen molar-refractivity contribution < 1.29 is 4.74 Å². The summed E-state index contributed by atoms with van der Waals surface area (Å²) < 4.78 is 5.67. The first-order valence-corrected chi connectivity index (χ1v) is 8.49. The maximum Gasteiger partial charge on any atom is 0.191 e. The van der Waals surface area contributed by atoms with Gasteiger partial charge in [-0.2, -0.15) is 0 Å². The number of nitrogens with zero attached hydrogens (tertiary/aromatic N) is 1. The van der Waals surface area contributed by atoms with Gasteiger partial charge >= 0.3 is 0 Å². The van der Waals surface area contributed by atoms with Crippen LogP contribution in [0.3, 0.4) is 0 Å². The second kappa shape index (κ2) is 9.84. The van der Waals surface area contributed by atoms with Crippen LogP contribution in [0.4, 0.5) is 0 Å². The molecule has 5 heteroatoms. The number of thiophene rings is 1. The molecule has 2 N–H and O–H groups in total. The van der Waals surface area contributed by atoms with Gasteiger partial charge in [0.2, 0.25) is 0 Å². The molecule has 1 aromatic heterocycles. The SMILES string of the molecule is CCNC(=NCc1cccs1)NCCCOc1ccccc1. The van der Waals surface area contributed by atoms with Gasteiger partial charge in [0.05, 0.1) is 13.2 Å². The molecule has 0 aliphatic carbocycles. The molecular formula is C17H23N3OS. The van der Waals surface area contributed by atoms with E-state index in [2.05, 4.69) is 40.1 Å². The fourth-order valence-electron chi connectivity index (χ4n) is 1.89. The van der Waals surface area contributed by atoms with Crippen LogP contribution >= 0.6 is 11.3 Å². The van der Waals surface area contributed by atoms with Gasteiger partial charge < -0.3 is 15.4 Å². The molecule has 0 unspecified atom stereocenters. The lowest BCUT2D eigenvalue weighted by Crippen LogP contribution is -2.38. The Kier molecular flexibility index (Phi) is 7.32. The number of benzene rings is 1. The topological polar surface area (TPSA) is 45.7 Å². The molecule has 0 spiro atoms. The average molecular weight is 317 g/mol. The molecule has 22 heavy (non-hydrogen) atoms. The van der Waals surface area contributed by atoms with E-state index >= 15 is 0 Å². The Morgan fingerprint density at radius 1 is 1.14 bits per heavy atom. The minimum Gasteiger partial charge on any atom is -0.494 e. The fourth-order valence-corrected chi connectivity index (χ4v) is 2.52. The molecule has 1 aromatic carbocycles. The van der Waals surface area contributed by atoms with Crippen LogP contribution in [-0.2, 0) is 6.54 Å². The van der Waals surface area contributed by atoms with E-state index in [4.69, 9.17) is 4.74 Å². The van der Waals surface area contributed by atoms with Gasteiger partial charge in [-0.25, -0.2) is 4.99 Å². The maximum atomic E-state index is 5.67. The highest BCUT2D eigenvalue weighted by atomic mass is 32.1. The van der Waals surface area contributed by atoms with Gasteiger partial charge in [-0.3, -0.25) is 0 Å². The maximum absolute atomic E-state index is 5.67. The Morgan fingerprint density at radius 3 is 2.73 bits per heavy atom. The van der Waals surface area contributed by atoms with Crippen molar-refractivity contribution in [2.24, 2.45) is 4.99 Å². The number of rotatable bonds is 8. The molecule has 0 radical (unpaired) electrons. The van der Waals surface area contributed by atoms with Gasteiger partial charge in [0, 0.05) is 18.0 Å². The monoisotopic (exact) mass is 317 g/mol. The molecule has 0 saturated heterocycles. The van der Waals surface area contributed by atoms with Gasteiger partial charge in [0.1, 0.15) is 5.75 Å². The molecule has 2 rings (SSSR count). The van der Waals surface area contributed by atoms with E-state index in [0.717, 1.165) is 31.2 Å². The van der Waals surface area contributed by atoms with E-state index in [-0.39, 0.29) is 0 Å². The Balaban J connectivity index is 1.66. The molecule has 4 nitrogen and oxygen atoms in total. The summed E-state index contributed by atoms with van der Waals surface area (Å²) in [5, 5.41) is 8.66. The van der Waals surface area contributed by atoms with E-state index < -0.39 is 0 Å². The largest absolute Gasteiger partial charge is 0.494 e. The third-order valence-corrected chi connectivity index (χ3v) is 3.80. The molecule has 0 amide bonds. The van der Waals surface area contributed by atoms with Crippen LogP contribution in [0.15, 0.2) is 52.8 Å². The minimum absolute atomic E-state index is 0.696. The van der Waals surface area contributed by atoms with Crippen molar-refractivity contribution in [3.8, 4) is 5.75 Å². The van der Waals surface area contributed by atoms with Crippen molar-refractivity contribution in [3.63, 3.8) is 0 Å². The molecule has 0 atom stereocenters. The van der Waals surface area contributed by atoms with E-state index in [9.17, 15) is 0 Å². The predicted molar refractivity (Wildman–Crippen MR) is 93.7 cm³/mol. The van der Waals surface area contributed by atoms with Gasteiger partial charge in [0.15, 0.2) is 5.96 Å². The molecule has 0 aliphatic heterocycles. The molecule has 118 valence electrons. The lowest BCUT2D eigenvalue weighted by Gasteiger charge is -2.11. The summed E-state index contributed by atoms with van der Waals surface area (Å²) in [7, 11) is 0. The second-order valence-electron chi connectivity index (χ2n) is 4.72. The van der Waals surface area contributed by atoms with Gasteiger partial charge in [0.25, 0.3) is 0 Å². The Hall–Kier alpha value is -2.01. The van der Waals surface area contributed by atoms with Crippen molar-refractivity contribution in [1.82, 2.24) is 10.6 Å². The van der Waals surface area contributed by atoms with Crippen LogP contribution in [-0.4, -0.2) is 25.7 Å². The van der Waals surface area contributed by atoms with E-state index in [1.807, 2.05) is 30.3 Å². The van der Waals surface area contributed by atoms with E-state index in [1.165, 1.54) is 4.88 Å². The predicted octanol–water partition coefficient (Wildman–Crippen LogP) is 3.27. The minimum atomic E-state index is 0.696. The van der Waals surface area contributed by atoms with Crippen LogP contribution in [0.1, 0.15) is 18.2 Å². The number of ether oxygens (including phenoxy) is 1. The highest BCUT2D eigenvalue weighted by Crippen LogP contribution is 2.09. The first-order valence-electron chi connectivity index (χ1n) is 7.61. The van der Waals surface area contributed by atoms with Crippen molar-refractivity contribution in [2.75, 3.05) is 19.7 Å². The Bertz CT molecular complexity index is 540. The summed E-state index contributed by atoms with van der Waals surface area (Å²) in [4.78, 5) is 5.84. The van der Waals surface area contributed by atoms with E-state index in [1.54, 1.807) is 11.3 Å². The Morgan fingerprint density at radius 2 is 2.00 bits per heavy atom. The summed E-state index contributed by atoms with van der Waals surface area (Å²) in [5.74, 6) is 1.77. The molecule has 0 saturated carbocycles. The molecule has 0 fully saturated rings. The Labute approximate surface area is 136 Å². The average Bonchev–Trinajstić information content (AvgIpc) is 3.06. The van der Waals surface area contributed by atoms with Crippen molar-refractivity contribution in [3.05, 3.63) is 52.7 Å². The summed E-state index contributed by atoms with van der Waals surface area (Å²) in [6.45, 7) is 5.18. The number of hydrogen-bond acceptors (Lipinski definition) is 3. The zero-order valence-electron chi connectivity index (χ0n) is 12.9. The quantitative estimate of drug-likeness (QED) is 0.446.